The first kappa shape index (κ1) is 22.5. The van der Waals surface area contributed by atoms with Crippen LogP contribution in [-0.2, 0) is 16.1 Å². The van der Waals surface area contributed by atoms with E-state index in [1.54, 1.807) is 0 Å². The molecule has 1 atom stereocenters. The molecule has 0 bridgehead atoms. The van der Waals surface area contributed by atoms with E-state index in [1.807, 2.05) is 24.3 Å². The van der Waals surface area contributed by atoms with Gasteiger partial charge in [0.1, 0.15) is 16.5 Å². The Morgan fingerprint density at radius 3 is 2.33 bits per heavy atom. The molecular formula is C24H23N3O5S. The molecule has 1 heterocycles. The second kappa shape index (κ2) is 9.83. The van der Waals surface area contributed by atoms with Crippen LogP contribution in [0.5, 0.6) is 0 Å². The summed E-state index contributed by atoms with van der Waals surface area (Å²) < 4.78 is 5.49. The molecule has 9 heteroatoms. The average Bonchev–Trinajstić information content (AvgIpc) is 3.42. The quantitative estimate of drug-likeness (QED) is 0.468. The number of nitrogens with zero attached hydrogens (tertiary/aromatic N) is 1. The standard InChI is InChI=1S/C24H23N3O5S/c1-14(23(29)30)10-26-22(28)20-11-25-21(33-20)12-27-24(31)32-13-19-17-8-4-2-6-15(17)16-7-3-5-9-18(16)19/h2-9,11,14,19H,10,12-13H2,1H3,(H,26,28)(H,27,31)(H,29,30). The number of carboxylic acids is 1. The Bertz CT molecular complexity index is 1150. The number of carbonyl (C=O) groups is 3. The summed E-state index contributed by atoms with van der Waals surface area (Å²) in [4.78, 5) is 39.7. The average molecular weight is 466 g/mol. The second-order valence-electron chi connectivity index (χ2n) is 7.75. The van der Waals surface area contributed by atoms with Crippen LogP contribution >= 0.6 is 11.3 Å². The highest BCUT2D eigenvalue weighted by Crippen LogP contribution is 2.44. The van der Waals surface area contributed by atoms with Crippen molar-refractivity contribution in [2.24, 2.45) is 5.92 Å². The van der Waals surface area contributed by atoms with Crippen molar-refractivity contribution in [3.63, 3.8) is 0 Å². The summed E-state index contributed by atoms with van der Waals surface area (Å²) in [7, 11) is 0. The number of amides is 2. The molecule has 3 N–H and O–H groups in total. The molecule has 2 aromatic carbocycles. The van der Waals surface area contributed by atoms with Crippen molar-refractivity contribution in [2.45, 2.75) is 19.4 Å². The molecule has 33 heavy (non-hydrogen) atoms. The fourth-order valence-corrected chi connectivity index (χ4v) is 4.49. The van der Waals surface area contributed by atoms with Crippen LogP contribution in [0.2, 0.25) is 0 Å². The lowest BCUT2D eigenvalue weighted by Crippen LogP contribution is -2.30. The smallest absolute Gasteiger partial charge is 0.407 e. The van der Waals surface area contributed by atoms with Crippen molar-refractivity contribution in [1.29, 1.82) is 0 Å². The maximum atomic E-state index is 12.3. The number of hydrogen-bond acceptors (Lipinski definition) is 6. The number of fused-ring (bicyclic) bond motifs is 3. The highest BCUT2D eigenvalue weighted by Gasteiger charge is 2.29. The largest absolute Gasteiger partial charge is 0.481 e. The molecule has 1 aromatic heterocycles. The van der Waals surface area contributed by atoms with E-state index in [2.05, 4.69) is 39.9 Å². The summed E-state index contributed by atoms with van der Waals surface area (Å²) >= 11 is 1.13. The summed E-state index contributed by atoms with van der Waals surface area (Å²) in [5.41, 5.74) is 4.60. The number of nitrogens with one attached hydrogen (secondary N) is 2. The van der Waals surface area contributed by atoms with Gasteiger partial charge in [-0.3, -0.25) is 9.59 Å². The molecule has 1 unspecified atom stereocenters. The van der Waals surface area contributed by atoms with Crippen LogP contribution in [0.15, 0.2) is 54.7 Å². The summed E-state index contributed by atoms with van der Waals surface area (Å²) in [5.74, 6) is -2.08. The lowest BCUT2D eigenvalue weighted by molar-refractivity contribution is -0.140. The Morgan fingerprint density at radius 2 is 1.70 bits per heavy atom. The number of ether oxygens (including phenoxy) is 1. The van der Waals surface area contributed by atoms with Crippen LogP contribution < -0.4 is 10.6 Å². The summed E-state index contributed by atoms with van der Waals surface area (Å²) in [5, 5.41) is 14.7. The van der Waals surface area contributed by atoms with Crippen molar-refractivity contribution in [3.05, 3.63) is 75.7 Å². The fourth-order valence-electron chi connectivity index (χ4n) is 3.71. The van der Waals surface area contributed by atoms with E-state index in [4.69, 9.17) is 9.84 Å². The molecule has 2 amide bonds. The number of rotatable bonds is 8. The minimum Gasteiger partial charge on any atom is -0.481 e. The van der Waals surface area contributed by atoms with Crippen molar-refractivity contribution in [1.82, 2.24) is 15.6 Å². The molecule has 0 fully saturated rings. The van der Waals surface area contributed by atoms with E-state index >= 15 is 0 Å². The molecule has 0 spiro atoms. The van der Waals surface area contributed by atoms with Crippen LogP contribution in [0.1, 0.15) is 38.6 Å². The van der Waals surface area contributed by atoms with E-state index < -0.39 is 23.9 Å². The third-order valence-electron chi connectivity index (χ3n) is 5.50. The topological polar surface area (TPSA) is 118 Å². The van der Waals surface area contributed by atoms with Gasteiger partial charge in [0.25, 0.3) is 5.91 Å². The van der Waals surface area contributed by atoms with Gasteiger partial charge in [0.05, 0.1) is 18.7 Å². The normalized spacial score (nSPS) is 13.0. The predicted octanol–water partition coefficient (Wildman–Crippen LogP) is 3.63. The Hall–Kier alpha value is -3.72. The van der Waals surface area contributed by atoms with Crippen molar-refractivity contribution < 1.29 is 24.2 Å². The van der Waals surface area contributed by atoms with Gasteiger partial charge in [0.15, 0.2) is 0 Å². The Labute approximate surface area is 194 Å². The zero-order valence-electron chi connectivity index (χ0n) is 17.9. The highest BCUT2D eigenvalue weighted by molar-refractivity contribution is 7.13. The first-order valence-electron chi connectivity index (χ1n) is 10.5. The molecule has 3 aromatic rings. The Balaban J connectivity index is 1.29. The van der Waals surface area contributed by atoms with E-state index in [0.717, 1.165) is 33.6 Å². The molecule has 0 saturated heterocycles. The predicted molar refractivity (Wildman–Crippen MR) is 123 cm³/mol. The maximum Gasteiger partial charge on any atom is 0.407 e. The van der Waals surface area contributed by atoms with Crippen molar-refractivity contribution in [2.75, 3.05) is 13.2 Å². The van der Waals surface area contributed by atoms with Gasteiger partial charge in [0.2, 0.25) is 0 Å². The van der Waals surface area contributed by atoms with Gasteiger partial charge in [-0.1, -0.05) is 55.5 Å². The molecule has 4 rings (SSSR count). The first-order valence-corrected chi connectivity index (χ1v) is 11.3. The van der Waals surface area contributed by atoms with Crippen molar-refractivity contribution >= 4 is 29.3 Å². The number of alkyl carbamates (subject to hydrolysis) is 1. The minimum atomic E-state index is -0.979. The Kier molecular flexibility index (Phi) is 6.69. The van der Waals surface area contributed by atoms with E-state index in [0.29, 0.717) is 9.88 Å². The molecule has 1 aliphatic carbocycles. The number of aromatic nitrogens is 1. The van der Waals surface area contributed by atoms with Crippen LogP contribution in [0.3, 0.4) is 0 Å². The van der Waals surface area contributed by atoms with E-state index in [9.17, 15) is 14.4 Å². The summed E-state index contributed by atoms with van der Waals surface area (Å²) in [6.45, 7) is 1.88. The monoisotopic (exact) mass is 465 g/mol. The van der Waals surface area contributed by atoms with Gasteiger partial charge in [-0.05, 0) is 22.3 Å². The Morgan fingerprint density at radius 1 is 1.06 bits per heavy atom. The van der Waals surface area contributed by atoms with E-state index in [-0.39, 0.29) is 25.6 Å². The third-order valence-corrected chi connectivity index (χ3v) is 6.49. The third kappa shape index (κ3) is 5.04. The van der Waals surface area contributed by atoms with Gasteiger partial charge in [-0.25, -0.2) is 9.78 Å². The van der Waals surface area contributed by atoms with Crippen LogP contribution in [0.25, 0.3) is 11.1 Å². The number of benzene rings is 2. The van der Waals surface area contributed by atoms with E-state index in [1.165, 1.54) is 13.1 Å². The van der Waals surface area contributed by atoms with Gasteiger partial charge in [0, 0.05) is 12.5 Å². The molecular weight excluding hydrogens is 442 g/mol. The van der Waals surface area contributed by atoms with Gasteiger partial charge < -0.3 is 20.5 Å². The molecule has 1 aliphatic rings. The molecule has 8 nitrogen and oxygen atoms in total. The van der Waals surface area contributed by atoms with Gasteiger partial charge in [-0.15, -0.1) is 11.3 Å². The summed E-state index contributed by atoms with van der Waals surface area (Å²) in [6, 6.07) is 16.2. The molecule has 170 valence electrons. The minimum absolute atomic E-state index is 0.0218. The van der Waals surface area contributed by atoms with Crippen molar-refractivity contribution in [3.8, 4) is 11.1 Å². The van der Waals surface area contributed by atoms with Crippen LogP contribution in [0.4, 0.5) is 4.79 Å². The fraction of sp³-hybridized carbons (Fsp3) is 0.250. The SMILES string of the molecule is CC(CNC(=O)c1cnc(CNC(=O)OCC2c3ccccc3-c3ccccc32)s1)C(=O)O. The summed E-state index contributed by atoms with van der Waals surface area (Å²) in [6.07, 6.45) is 0.841. The number of hydrogen-bond donors (Lipinski definition) is 3. The van der Waals surface area contributed by atoms with Gasteiger partial charge in [-0.2, -0.15) is 0 Å². The maximum absolute atomic E-state index is 12.3. The molecule has 0 aliphatic heterocycles. The lowest BCUT2D eigenvalue weighted by Gasteiger charge is -2.14. The zero-order chi connectivity index (χ0) is 23.4. The molecule has 0 saturated carbocycles. The van der Waals surface area contributed by atoms with Crippen LogP contribution in [-0.4, -0.2) is 41.2 Å². The number of thiazole rings is 1. The van der Waals surface area contributed by atoms with Crippen LogP contribution in [0, 0.1) is 5.92 Å². The highest BCUT2D eigenvalue weighted by atomic mass is 32.1. The lowest BCUT2D eigenvalue weighted by atomic mass is 9.98. The second-order valence-corrected chi connectivity index (χ2v) is 8.86. The number of carbonyl (C=O) groups excluding carboxylic acids is 2. The van der Waals surface area contributed by atoms with Gasteiger partial charge >= 0.3 is 12.1 Å². The number of aliphatic carboxylic acids is 1. The number of carboxylic acid groups (broad SMARTS) is 1. The zero-order valence-corrected chi connectivity index (χ0v) is 18.7. The molecule has 0 radical (unpaired) electrons. The first-order chi connectivity index (χ1) is 15.9.